The van der Waals surface area contributed by atoms with Crippen molar-refractivity contribution in [1.82, 2.24) is 20.6 Å². The molecule has 122 valence electrons. The summed E-state index contributed by atoms with van der Waals surface area (Å²) in [5.74, 6) is -0.261. The molecule has 24 heavy (non-hydrogen) atoms. The van der Waals surface area contributed by atoms with Crippen LogP contribution in [0.1, 0.15) is 28.4 Å². The first kappa shape index (κ1) is 15.9. The molecule has 0 saturated heterocycles. The Bertz CT molecular complexity index is 829. The van der Waals surface area contributed by atoms with Gasteiger partial charge in [-0.1, -0.05) is 47.7 Å². The summed E-state index contributed by atoms with van der Waals surface area (Å²) in [5, 5.41) is 17.0. The van der Waals surface area contributed by atoms with E-state index in [1.54, 1.807) is 0 Å². The first-order chi connectivity index (χ1) is 11.6. The number of hydrogen-bond acceptors (Lipinski definition) is 4. The van der Waals surface area contributed by atoms with E-state index < -0.39 is 5.92 Å². The van der Waals surface area contributed by atoms with Crippen LogP contribution in [-0.2, 0) is 11.2 Å². The van der Waals surface area contributed by atoms with Crippen LogP contribution in [0.4, 0.5) is 5.69 Å². The van der Waals surface area contributed by atoms with E-state index in [9.17, 15) is 4.79 Å². The van der Waals surface area contributed by atoms with E-state index in [0.29, 0.717) is 12.2 Å². The molecule has 1 amide bonds. The van der Waals surface area contributed by atoms with Gasteiger partial charge < -0.3 is 5.32 Å². The number of hydrogen-bond donors (Lipinski definition) is 2. The fraction of sp³-hybridized carbons (Fsp3) is 0.222. The van der Waals surface area contributed by atoms with Gasteiger partial charge in [-0.3, -0.25) is 4.79 Å². The normalized spacial score (nSPS) is 11.9. The van der Waals surface area contributed by atoms with Crippen molar-refractivity contribution >= 4 is 11.6 Å². The number of nitrogens with zero attached hydrogens (tertiary/aromatic N) is 3. The minimum atomic E-state index is -0.510. The lowest BCUT2D eigenvalue weighted by molar-refractivity contribution is -0.117. The third-order valence-corrected chi connectivity index (χ3v) is 4.08. The molecule has 0 fully saturated rings. The highest BCUT2D eigenvalue weighted by atomic mass is 16.1. The molecule has 2 N–H and O–H groups in total. The van der Waals surface area contributed by atoms with Gasteiger partial charge in [0.1, 0.15) is 5.92 Å². The lowest BCUT2D eigenvalue weighted by atomic mass is 9.94. The topological polar surface area (TPSA) is 83.6 Å². The Hall–Kier alpha value is -3.02. The zero-order valence-corrected chi connectivity index (χ0v) is 13.7. The molecule has 0 aliphatic carbocycles. The number of aromatic nitrogens is 4. The SMILES string of the molecule is Cc1ccccc1C[C@H](C(=O)Nc1ccccc1C)c1nn[nH]n1. The van der Waals surface area contributed by atoms with Crippen LogP contribution in [0.2, 0.25) is 0 Å². The predicted molar refractivity (Wildman–Crippen MR) is 91.6 cm³/mol. The Morgan fingerprint density at radius 1 is 1.08 bits per heavy atom. The first-order valence-corrected chi connectivity index (χ1v) is 7.79. The van der Waals surface area contributed by atoms with Gasteiger partial charge in [-0.25, -0.2) is 0 Å². The maximum atomic E-state index is 12.8. The Labute approximate surface area is 140 Å². The molecule has 1 heterocycles. The lowest BCUT2D eigenvalue weighted by Gasteiger charge is -2.16. The molecule has 0 unspecified atom stereocenters. The van der Waals surface area contributed by atoms with Crippen molar-refractivity contribution in [3.8, 4) is 0 Å². The van der Waals surface area contributed by atoms with E-state index in [4.69, 9.17) is 0 Å². The van der Waals surface area contributed by atoms with E-state index in [0.717, 1.165) is 22.4 Å². The third-order valence-electron chi connectivity index (χ3n) is 4.08. The van der Waals surface area contributed by atoms with E-state index >= 15 is 0 Å². The highest BCUT2D eigenvalue weighted by molar-refractivity contribution is 5.96. The fourth-order valence-corrected chi connectivity index (χ4v) is 2.61. The van der Waals surface area contributed by atoms with E-state index in [1.807, 2.05) is 62.4 Å². The van der Waals surface area contributed by atoms with Gasteiger partial charge in [0.25, 0.3) is 0 Å². The van der Waals surface area contributed by atoms with Gasteiger partial charge in [0, 0.05) is 5.69 Å². The summed E-state index contributed by atoms with van der Waals surface area (Å²) in [6.45, 7) is 3.99. The molecule has 0 aliphatic heterocycles. The Balaban J connectivity index is 1.87. The van der Waals surface area contributed by atoms with Crippen LogP contribution in [0.25, 0.3) is 0 Å². The van der Waals surface area contributed by atoms with Gasteiger partial charge in [0.05, 0.1) is 0 Å². The smallest absolute Gasteiger partial charge is 0.235 e. The predicted octanol–water partition coefficient (Wildman–Crippen LogP) is 2.78. The number of carbonyl (C=O) groups excluding carboxylic acids is 1. The molecular formula is C18H19N5O. The summed E-state index contributed by atoms with van der Waals surface area (Å²) in [7, 11) is 0. The summed E-state index contributed by atoms with van der Waals surface area (Å²) in [4.78, 5) is 12.8. The number of para-hydroxylation sites is 1. The number of amides is 1. The molecule has 0 spiro atoms. The van der Waals surface area contributed by atoms with Crippen molar-refractivity contribution in [3.63, 3.8) is 0 Å². The van der Waals surface area contributed by atoms with Gasteiger partial charge in [0.15, 0.2) is 5.82 Å². The zero-order chi connectivity index (χ0) is 16.9. The molecule has 0 aliphatic rings. The van der Waals surface area contributed by atoms with E-state index in [-0.39, 0.29) is 5.91 Å². The van der Waals surface area contributed by atoms with Crippen LogP contribution in [0.15, 0.2) is 48.5 Å². The molecule has 0 saturated carbocycles. The second kappa shape index (κ2) is 7.04. The van der Waals surface area contributed by atoms with Crippen molar-refractivity contribution in [2.75, 3.05) is 5.32 Å². The summed E-state index contributed by atoms with van der Waals surface area (Å²) in [5.41, 5.74) is 4.02. The van der Waals surface area contributed by atoms with Gasteiger partial charge in [0.2, 0.25) is 5.91 Å². The highest BCUT2D eigenvalue weighted by Crippen LogP contribution is 2.22. The van der Waals surface area contributed by atoms with Crippen molar-refractivity contribution < 1.29 is 4.79 Å². The number of aromatic amines is 1. The number of tetrazole rings is 1. The average Bonchev–Trinajstić information content (AvgIpc) is 3.10. The number of aryl methyl sites for hydroxylation is 2. The first-order valence-electron chi connectivity index (χ1n) is 7.79. The average molecular weight is 321 g/mol. The molecule has 1 aromatic heterocycles. The highest BCUT2D eigenvalue weighted by Gasteiger charge is 2.26. The minimum absolute atomic E-state index is 0.144. The molecule has 2 aromatic carbocycles. The number of anilines is 1. The van der Waals surface area contributed by atoms with Gasteiger partial charge in [-0.15, -0.1) is 10.2 Å². The zero-order valence-electron chi connectivity index (χ0n) is 13.7. The van der Waals surface area contributed by atoms with Crippen LogP contribution < -0.4 is 5.32 Å². The lowest BCUT2D eigenvalue weighted by Crippen LogP contribution is -2.24. The molecule has 6 heteroatoms. The van der Waals surface area contributed by atoms with Crippen LogP contribution in [0.5, 0.6) is 0 Å². The number of nitrogens with one attached hydrogen (secondary N) is 2. The minimum Gasteiger partial charge on any atom is -0.325 e. The standard InChI is InChI=1S/C18H19N5O/c1-12-7-3-5-9-14(12)11-15(17-20-22-23-21-17)18(24)19-16-10-6-4-8-13(16)2/h3-10,15H,11H2,1-2H3,(H,19,24)(H,20,21,22,23)/t15-/m0/s1. The second-order valence-electron chi connectivity index (χ2n) is 5.76. The fourth-order valence-electron chi connectivity index (χ4n) is 2.61. The maximum absolute atomic E-state index is 12.8. The van der Waals surface area contributed by atoms with Gasteiger partial charge in [-0.2, -0.15) is 5.21 Å². The third kappa shape index (κ3) is 3.48. The van der Waals surface area contributed by atoms with Gasteiger partial charge >= 0.3 is 0 Å². The van der Waals surface area contributed by atoms with Crippen LogP contribution in [-0.4, -0.2) is 26.5 Å². The summed E-state index contributed by atoms with van der Waals surface area (Å²) in [6, 6.07) is 15.7. The molecule has 1 atom stereocenters. The number of rotatable bonds is 5. The Kier molecular flexibility index (Phi) is 4.65. The number of benzene rings is 2. The van der Waals surface area contributed by atoms with Crippen LogP contribution >= 0.6 is 0 Å². The van der Waals surface area contributed by atoms with E-state index in [2.05, 4.69) is 25.9 Å². The quantitative estimate of drug-likeness (QED) is 0.757. The summed E-state index contributed by atoms with van der Waals surface area (Å²) < 4.78 is 0. The van der Waals surface area contributed by atoms with Crippen molar-refractivity contribution in [1.29, 1.82) is 0 Å². The van der Waals surface area contributed by atoms with Crippen LogP contribution in [0.3, 0.4) is 0 Å². The Morgan fingerprint density at radius 2 is 1.79 bits per heavy atom. The number of H-pyrrole nitrogens is 1. The second-order valence-corrected chi connectivity index (χ2v) is 5.76. The van der Waals surface area contributed by atoms with Gasteiger partial charge in [-0.05, 0) is 43.0 Å². The molecule has 0 radical (unpaired) electrons. The van der Waals surface area contributed by atoms with Crippen molar-refractivity contribution in [2.24, 2.45) is 0 Å². The molecule has 3 aromatic rings. The molecule has 6 nitrogen and oxygen atoms in total. The van der Waals surface area contributed by atoms with Crippen LogP contribution in [0, 0.1) is 13.8 Å². The monoisotopic (exact) mass is 321 g/mol. The van der Waals surface area contributed by atoms with Crippen molar-refractivity contribution in [3.05, 3.63) is 71.0 Å². The summed E-state index contributed by atoms with van der Waals surface area (Å²) >= 11 is 0. The molecule has 0 bridgehead atoms. The molecular weight excluding hydrogens is 302 g/mol. The Morgan fingerprint density at radius 3 is 2.46 bits per heavy atom. The molecule has 3 rings (SSSR count). The van der Waals surface area contributed by atoms with Crippen molar-refractivity contribution in [2.45, 2.75) is 26.2 Å². The maximum Gasteiger partial charge on any atom is 0.235 e. The summed E-state index contributed by atoms with van der Waals surface area (Å²) in [6.07, 6.45) is 0.518. The largest absolute Gasteiger partial charge is 0.325 e. The number of carbonyl (C=O) groups is 1. The van der Waals surface area contributed by atoms with E-state index in [1.165, 1.54) is 0 Å².